The Labute approximate surface area is 158 Å². The first kappa shape index (κ1) is 20.7. The number of hydrogen-bond donors (Lipinski definition) is 3. The second kappa shape index (κ2) is 10.5. The highest BCUT2D eigenvalue weighted by Gasteiger charge is 2.33. The lowest BCUT2D eigenvalue weighted by atomic mass is 9.83. The monoisotopic (exact) mass is 361 g/mol. The van der Waals surface area contributed by atoms with Crippen molar-refractivity contribution in [3.05, 3.63) is 35.4 Å². The first-order valence-corrected chi connectivity index (χ1v) is 9.84. The molecule has 5 heteroatoms. The zero-order chi connectivity index (χ0) is 18.8. The van der Waals surface area contributed by atoms with Gasteiger partial charge in [0.25, 0.3) is 0 Å². The van der Waals surface area contributed by atoms with Crippen LogP contribution in [0.2, 0.25) is 0 Å². The van der Waals surface area contributed by atoms with E-state index in [-0.39, 0.29) is 5.41 Å². The van der Waals surface area contributed by atoms with Gasteiger partial charge >= 0.3 is 0 Å². The van der Waals surface area contributed by atoms with Gasteiger partial charge in [-0.05, 0) is 44.1 Å². The van der Waals surface area contributed by atoms with Crippen molar-refractivity contribution in [1.29, 1.82) is 0 Å². The summed E-state index contributed by atoms with van der Waals surface area (Å²) in [5.41, 5.74) is 2.36. The van der Waals surface area contributed by atoms with Crippen molar-refractivity contribution in [2.45, 2.75) is 52.1 Å². The van der Waals surface area contributed by atoms with Gasteiger partial charge in [0, 0.05) is 33.4 Å². The standard InChI is InChI=1S/C21H35N3O2/c1-4-22-20(23-15-19(25)18-9-7-8-17(2)14-18)24-16-21(12-13-26-3)10-5-6-11-21/h7-9,14,19,25H,4-6,10-13,15-16H2,1-3H3,(H2,22,23,24). The first-order valence-electron chi connectivity index (χ1n) is 9.84. The fraction of sp³-hybridized carbons (Fsp3) is 0.667. The molecule has 1 fully saturated rings. The Morgan fingerprint density at radius 2 is 2.08 bits per heavy atom. The molecule has 5 nitrogen and oxygen atoms in total. The molecule has 3 N–H and O–H groups in total. The lowest BCUT2D eigenvalue weighted by Gasteiger charge is -2.27. The molecule has 1 unspecified atom stereocenters. The Morgan fingerprint density at radius 3 is 2.73 bits per heavy atom. The Bertz CT molecular complexity index is 568. The van der Waals surface area contributed by atoms with E-state index in [0.29, 0.717) is 6.54 Å². The van der Waals surface area contributed by atoms with E-state index in [2.05, 4.69) is 17.6 Å². The highest BCUT2D eigenvalue weighted by Crippen LogP contribution is 2.41. The van der Waals surface area contributed by atoms with E-state index in [9.17, 15) is 5.11 Å². The molecule has 1 saturated carbocycles. The van der Waals surface area contributed by atoms with Crippen LogP contribution in [-0.4, -0.2) is 44.4 Å². The van der Waals surface area contributed by atoms with E-state index in [4.69, 9.17) is 9.73 Å². The Kier molecular flexibility index (Phi) is 8.39. The average molecular weight is 362 g/mol. The smallest absolute Gasteiger partial charge is 0.191 e. The number of hydrogen-bond acceptors (Lipinski definition) is 3. The van der Waals surface area contributed by atoms with E-state index in [1.807, 2.05) is 31.2 Å². The molecule has 0 bridgehead atoms. The number of aliphatic hydroxyl groups is 1. The van der Waals surface area contributed by atoms with Crippen LogP contribution in [0.3, 0.4) is 0 Å². The van der Waals surface area contributed by atoms with Crippen LogP contribution in [-0.2, 0) is 4.74 Å². The molecule has 1 aromatic rings. The normalized spacial score (nSPS) is 17.9. The van der Waals surface area contributed by atoms with Crippen LogP contribution >= 0.6 is 0 Å². The summed E-state index contributed by atoms with van der Waals surface area (Å²) in [5, 5.41) is 17.0. The number of guanidine groups is 1. The molecule has 146 valence electrons. The van der Waals surface area contributed by atoms with Gasteiger partial charge in [-0.2, -0.15) is 0 Å². The van der Waals surface area contributed by atoms with Gasteiger partial charge in [-0.15, -0.1) is 0 Å². The molecule has 0 spiro atoms. The average Bonchev–Trinajstić information content (AvgIpc) is 3.11. The van der Waals surface area contributed by atoms with Crippen molar-refractivity contribution >= 4 is 5.96 Å². The van der Waals surface area contributed by atoms with Crippen molar-refractivity contribution in [3.63, 3.8) is 0 Å². The highest BCUT2D eigenvalue weighted by atomic mass is 16.5. The molecular weight excluding hydrogens is 326 g/mol. The van der Waals surface area contributed by atoms with Crippen molar-refractivity contribution < 1.29 is 9.84 Å². The summed E-state index contributed by atoms with van der Waals surface area (Å²) in [6, 6.07) is 8.00. The number of ether oxygens (including phenoxy) is 1. The molecule has 0 aliphatic heterocycles. The third-order valence-corrected chi connectivity index (χ3v) is 5.31. The number of aliphatic imine (C=N–C) groups is 1. The molecular formula is C21H35N3O2. The molecule has 0 aromatic heterocycles. The largest absolute Gasteiger partial charge is 0.387 e. The van der Waals surface area contributed by atoms with Crippen LogP contribution in [0.25, 0.3) is 0 Å². The zero-order valence-corrected chi connectivity index (χ0v) is 16.6. The molecule has 0 radical (unpaired) electrons. The number of nitrogens with one attached hydrogen (secondary N) is 2. The quantitative estimate of drug-likeness (QED) is 0.467. The number of rotatable bonds is 9. The second-order valence-corrected chi connectivity index (χ2v) is 7.46. The number of nitrogens with zero attached hydrogens (tertiary/aromatic N) is 1. The second-order valence-electron chi connectivity index (χ2n) is 7.46. The maximum absolute atomic E-state index is 10.4. The van der Waals surface area contributed by atoms with Crippen LogP contribution < -0.4 is 10.6 Å². The number of methoxy groups -OCH3 is 1. The lowest BCUT2D eigenvalue weighted by Crippen LogP contribution is -2.40. The number of benzene rings is 1. The SMILES string of the molecule is CCNC(=NCC1(CCOC)CCCC1)NCC(O)c1cccc(C)c1. The maximum atomic E-state index is 10.4. The third kappa shape index (κ3) is 6.29. The van der Waals surface area contributed by atoms with Crippen LogP contribution in [0.5, 0.6) is 0 Å². The Hall–Kier alpha value is -1.59. The molecule has 1 aliphatic carbocycles. The van der Waals surface area contributed by atoms with Crippen LogP contribution in [0.4, 0.5) is 0 Å². The fourth-order valence-electron chi connectivity index (χ4n) is 3.71. The molecule has 26 heavy (non-hydrogen) atoms. The van der Waals surface area contributed by atoms with Gasteiger partial charge in [-0.25, -0.2) is 0 Å². The van der Waals surface area contributed by atoms with Crippen LogP contribution in [0, 0.1) is 12.3 Å². The Balaban J connectivity index is 1.95. The summed E-state index contributed by atoms with van der Waals surface area (Å²) in [7, 11) is 1.77. The Morgan fingerprint density at radius 1 is 1.31 bits per heavy atom. The van der Waals surface area contributed by atoms with Crippen molar-refractivity contribution in [1.82, 2.24) is 10.6 Å². The van der Waals surface area contributed by atoms with Crippen molar-refractivity contribution in [2.75, 3.05) is 33.4 Å². The van der Waals surface area contributed by atoms with Gasteiger partial charge in [0.2, 0.25) is 0 Å². The van der Waals surface area contributed by atoms with Crippen molar-refractivity contribution in [3.8, 4) is 0 Å². The molecule has 1 atom stereocenters. The van der Waals surface area contributed by atoms with E-state index in [1.54, 1.807) is 7.11 Å². The van der Waals surface area contributed by atoms with E-state index in [1.165, 1.54) is 25.7 Å². The topological polar surface area (TPSA) is 65.9 Å². The predicted octanol–water partition coefficient (Wildman–Crippen LogP) is 3.18. The minimum absolute atomic E-state index is 0.271. The van der Waals surface area contributed by atoms with Gasteiger partial charge in [0.15, 0.2) is 5.96 Å². The van der Waals surface area contributed by atoms with E-state index < -0.39 is 6.10 Å². The molecule has 1 aliphatic rings. The van der Waals surface area contributed by atoms with Gasteiger partial charge in [-0.1, -0.05) is 42.7 Å². The van der Waals surface area contributed by atoms with Gasteiger partial charge in [0.05, 0.1) is 6.10 Å². The first-order chi connectivity index (χ1) is 12.6. The fourth-order valence-corrected chi connectivity index (χ4v) is 3.71. The molecule has 0 heterocycles. The summed E-state index contributed by atoms with van der Waals surface area (Å²) in [6.07, 6.45) is 5.55. The number of aryl methyl sites for hydroxylation is 1. The van der Waals surface area contributed by atoms with Gasteiger partial charge in [0.1, 0.15) is 0 Å². The highest BCUT2D eigenvalue weighted by molar-refractivity contribution is 5.79. The van der Waals surface area contributed by atoms with Gasteiger partial charge < -0.3 is 20.5 Å². The van der Waals surface area contributed by atoms with Gasteiger partial charge in [-0.3, -0.25) is 4.99 Å². The summed E-state index contributed by atoms with van der Waals surface area (Å²) >= 11 is 0. The zero-order valence-electron chi connectivity index (χ0n) is 16.6. The maximum Gasteiger partial charge on any atom is 0.191 e. The molecule has 2 rings (SSSR count). The summed E-state index contributed by atoms with van der Waals surface area (Å²) < 4.78 is 5.31. The molecule has 0 amide bonds. The summed E-state index contributed by atoms with van der Waals surface area (Å²) in [6.45, 7) is 6.95. The summed E-state index contributed by atoms with van der Waals surface area (Å²) in [5.74, 6) is 0.780. The summed E-state index contributed by atoms with van der Waals surface area (Å²) in [4.78, 5) is 4.83. The molecule has 0 saturated heterocycles. The molecule has 1 aromatic carbocycles. The third-order valence-electron chi connectivity index (χ3n) is 5.31. The van der Waals surface area contributed by atoms with E-state index >= 15 is 0 Å². The minimum Gasteiger partial charge on any atom is -0.387 e. The van der Waals surface area contributed by atoms with Crippen molar-refractivity contribution in [2.24, 2.45) is 10.4 Å². The number of aliphatic hydroxyl groups excluding tert-OH is 1. The predicted molar refractivity (Wildman–Crippen MR) is 108 cm³/mol. The lowest BCUT2D eigenvalue weighted by molar-refractivity contribution is 0.141. The minimum atomic E-state index is -0.548. The van der Waals surface area contributed by atoms with E-state index in [0.717, 1.165) is 43.2 Å². The van der Waals surface area contributed by atoms with Crippen LogP contribution in [0.1, 0.15) is 56.3 Å². The van der Waals surface area contributed by atoms with Crippen LogP contribution in [0.15, 0.2) is 29.3 Å².